The number of carbonyl (C=O) groups excluding carboxylic acids is 2. The number of carbonyl (C=O) groups is 3. The number of likely N-dealkylation sites (tertiary alicyclic amines) is 2. The van der Waals surface area contributed by atoms with E-state index in [-0.39, 0.29) is 24.4 Å². The SMILES string of the molecule is NC(=O)C1CCN(C(=O)N2CCC[C@@H](C(=O)O)C2)C1. The molecule has 0 aromatic heterocycles. The number of hydrogen-bond donors (Lipinski definition) is 2. The lowest BCUT2D eigenvalue weighted by Crippen LogP contribution is -2.48. The third kappa shape index (κ3) is 2.97. The van der Waals surface area contributed by atoms with Crippen molar-refractivity contribution in [3.8, 4) is 0 Å². The summed E-state index contributed by atoms with van der Waals surface area (Å²) in [6.45, 7) is 1.70. The summed E-state index contributed by atoms with van der Waals surface area (Å²) in [6.07, 6.45) is 1.91. The number of hydrogen-bond acceptors (Lipinski definition) is 3. The minimum Gasteiger partial charge on any atom is -0.481 e. The van der Waals surface area contributed by atoms with Crippen LogP contribution in [0.5, 0.6) is 0 Å². The number of piperidine rings is 1. The first kappa shape index (κ1) is 13.6. The van der Waals surface area contributed by atoms with Gasteiger partial charge in [0.1, 0.15) is 0 Å². The van der Waals surface area contributed by atoms with Crippen LogP contribution in [0, 0.1) is 11.8 Å². The van der Waals surface area contributed by atoms with Gasteiger partial charge in [-0.25, -0.2) is 4.79 Å². The normalized spacial score (nSPS) is 27.4. The molecule has 2 rings (SSSR count). The molecule has 2 atom stereocenters. The second-order valence-electron chi connectivity index (χ2n) is 5.24. The zero-order valence-corrected chi connectivity index (χ0v) is 10.7. The maximum Gasteiger partial charge on any atom is 0.320 e. The van der Waals surface area contributed by atoms with Gasteiger partial charge >= 0.3 is 12.0 Å². The van der Waals surface area contributed by atoms with Crippen LogP contribution >= 0.6 is 0 Å². The highest BCUT2D eigenvalue weighted by molar-refractivity contribution is 5.81. The van der Waals surface area contributed by atoms with Crippen molar-refractivity contribution < 1.29 is 19.5 Å². The van der Waals surface area contributed by atoms with Crippen LogP contribution in [0.25, 0.3) is 0 Å². The van der Waals surface area contributed by atoms with Crippen molar-refractivity contribution in [1.29, 1.82) is 0 Å². The van der Waals surface area contributed by atoms with Gasteiger partial charge in [-0.2, -0.15) is 0 Å². The van der Waals surface area contributed by atoms with E-state index in [4.69, 9.17) is 10.8 Å². The lowest BCUT2D eigenvalue weighted by molar-refractivity contribution is -0.143. The molecule has 0 aromatic carbocycles. The van der Waals surface area contributed by atoms with Gasteiger partial charge in [0.15, 0.2) is 0 Å². The second-order valence-corrected chi connectivity index (χ2v) is 5.24. The number of amides is 3. The first-order chi connectivity index (χ1) is 8.99. The fourth-order valence-electron chi connectivity index (χ4n) is 2.72. The Balaban J connectivity index is 1.93. The van der Waals surface area contributed by atoms with Crippen LogP contribution in [0.15, 0.2) is 0 Å². The molecule has 3 N–H and O–H groups in total. The number of carboxylic acids is 1. The first-order valence-electron chi connectivity index (χ1n) is 6.55. The smallest absolute Gasteiger partial charge is 0.320 e. The number of nitrogens with zero attached hydrogens (tertiary/aromatic N) is 2. The minimum atomic E-state index is -0.853. The Morgan fingerprint density at radius 3 is 2.21 bits per heavy atom. The van der Waals surface area contributed by atoms with E-state index < -0.39 is 11.9 Å². The van der Waals surface area contributed by atoms with E-state index in [1.807, 2.05) is 0 Å². The Labute approximate surface area is 111 Å². The Hall–Kier alpha value is -1.79. The largest absolute Gasteiger partial charge is 0.481 e. The monoisotopic (exact) mass is 269 g/mol. The molecule has 2 saturated heterocycles. The molecule has 7 nitrogen and oxygen atoms in total. The summed E-state index contributed by atoms with van der Waals surface area (Å²) in [6, 6.07) is -0.172. The van der Waals surface area contributed by atoms with E-state index in [2.05, 4.69) is 0 Å². The average molecular weight is 269 g/mol. The van der Waals surface area contributed by atoms with Crippen molar-refractivity contribution in [3.63, 3.8) is 0 Å². The molecule has 0 bridgehead atoms. The maximum absolute atomic E-state index is 12.2. The summed E-state index contributed by atoms with van der Waals surface area (Å²) >= 11 is 0. The van der Waals surface area contributed by atoms with E-state index in [0.717, 1.165) is 0 Å². The van der Waals surface area contributed by atoms with Gasteiger partial charge in [0.2, 0.25) is 5.91 Å². The topological polar surface area (TPSA) is 104 Å². The lowest BCUT2D eigenvalue weighted by atomic mass is 9.99. The number of carboxylic acid groups (broad SMARTS) is 1. The molecule has 0 spiro atoms. The summed E-state index contributed by atoms with van der Waals surface area (Å²) in [5, 5.41) is 9.01. The van der Waals surface area contributed by atoms with Gasteiger partial charge in [-0.15, -0.1) is 0 Å². The van der Waals surface area contributed by atoms with E-state index in [1.165, 1.54) is 0 Å². The first-order valence-corrected chi connectivity index (χ1v) is 6.55. The number of urea groups is 1. The number of aliphatic carboxylic acids is 1. The van der Waals surface area contributed by atoms with Crippen molar-refractivity contribution in [2.45, 2.75) is 19.3 Å². The Bertz CT molecular complexity index is 398. The molecule has 2 aliphatic rings. The molecular weight excluding hydrogens is 250 g/mol. The Kier molecular flexibility index (Phi) is 3.92. The second kappa shape index (κ2) is 5.46. The average Bonchev–Trinajstić information content (AvgIpc) is 2.87. The van der Waals surface area contributed by atoms with Crippen LogP contribution in [0.1, 0.15) is 19.3 Å². The highest BCUT2D eigenvalue weighted by Gasteiger charge is 2.35. The highest BCUT2D eigenvalue weighted by Crippen LogP contribution is 2.21. The molecule has 2 heterocycles. The predicted octanol–water partition coefficient (Wildman–Crippen LogP) is -0.290. The zero-order valence-electron chi connectivity index (χ0n) is 10.7. The summed E-state index contributed by atoms with van der Waals surface area (Å²) in [7, 11) is 0. The van der Waals surface area contributed by atoms with Crippen molar-refractivity contribution in [1.82, 2.24) is 9.80 Å². The fraction of sp³-hybridized carbons (Fsp3) is 0.750. The highest BCUT2D eigenvalue weighted by atomic mass is 16.4. The number of rotatable bonds is 2. The third-order valence-electron chi connectivity index (χ3n) is 3.90. The molecule has 19 heavy (non-hydrogen) atoms. The Morgan fingerprint density at radius 2 is 1.63 bits per heavy atom. The van der Waals surface area contributed by atoms with Gasteiger partial charge in [0, 0.05) is 26.2 Å². The molecule has 2 fully saturated rings. The number of primary amides is 1. The van der Waals surface area contributed by atoms with Crippen LogP contribution in [0.4, 0.5) is 4.79 Å². The lowest BCUT2D eigenvalue weighted by Gasteiger charge is -2.33. The maximum atomic E-state index is 12.2. The van der Waals surface area contributed by atoms with Gasteiger partial charge in [-0.05, 0) is 19.3 Å². The van der Waals surface area contributed by atoms with E-state index in [1.54, 1.807) is 9.80 Å². The van der Waals surface area contributed by atoms with E-state index >= 15 is 0 Å². The summed E-state index contributed by atoms with van der Waals surface area (Å²) in [5.41, 5.74) is 5.23. The van der Waals surface area contributed by atoms with Crippen molar-refractivity contribution in [2.24, 2.45) is 17.6 Å². The molecule has 2 aliphatic heterocycles. The molecule has 0 aromatic rings. The van der Waals surface area contributed by atoms with Gasteiger partial charge in [-0.1, -0.05) is 0 Å². The molecule has 7 heteroatoms. The molecule has 1 unspecified atom stereocenters. The molecule has 3 amide bonds. The fourth-order valence-corrected chi connectivity index (χ4v) is 2.72. The van der Waals surface area contributed by atoms with Crippen molar-refractivity contribution >= 4 is 17.9 Å². The van der Waals surface area contributed by atoms with Gasteiger partial charge in [0.25, 0.3) is 0 Å². The molecule has 0 saturated carbocycles. The van der Waals surface area contributed by atoms with Gasteiger partial charge in [-0.3, -0.25) is 9.59 Å². The van der Waals surface area contributed by atoms with E-state index in [9.17, 15) is 14.4 Å². The standard InChI is InChI=1S/C12H19N3O4/c13-10(16)8-3-5-15(6-8)12(19)14-4-1-2-9(7-14)11(17)18/h8-9H,1-7H2,(H2,13,16)(H,17,18)/t8?,9-/m1/s1. The summed E-state index contributed by atoms with van der Waals surface area (Å²) < 4.78 is 0. The van der Waals surface area contributed by atoms with Crippen LogP contribution < -0.4 is 5.73 Å². The zero-order chi connectivity index (χ0) is 14.0. The molecule has 106 valence electrons. The molecule has 0 aliphatic carbocycles. The molecular formula is C12H19N3O4. The van der Waals surface area contributed by atoms with Crippen LogP contribution in [0.2, 0.25) is 0 Å². The minimum absolute atomic E-state index is 0.172. The van der Waals surface area contributed by atoms with Crippen LogP contribution in [0.3, 0.4) is 0 Å². The molecule has 0 radical (unpaired) electrons. The van der Waals surface area contributed by atoms with Gasteiger partial charge < -0.3 is 20.6 Å². The summed E-state index contributed by atoms with van der Waals surface area (Å²) in [4.78, 5) is 37.5. The number of nitrogens with two attached hydrogens (primary N) is 1. The van der Waals surface area contributed by atoms with Crippen molar-refractivity contribution in [2.75, 3.05) is 26.2 Å². The van der Waals surface area contributed by atoms with Crippen molar-refractivity contribution in [3.05, 3.63) is 0 Å². The summed E-state index contributed by atoms with van der Waals surface area (Å²) in [5.74, 6) is -1.98. The van der Waals surface area contributed by atoms with Gasteiger partial charge in [0.05, 0.1) is 11.8 Å². The predicted molar refractivity (Wildman–Crippen MR) is 66.2 cm³/mol. The third-order valence-corrected chi connectivity index (χ3v) is 3.90. The van der Waals surface area contributed by atoms with Crippen LogP contribution in [-0.2, 0) is 9.59 Å². The van der Waals surface area contributed by atoms with Crippen LogP contribution in [-0.4, -0.2) is 59.0 Å². The van der Waals surface area contributed by atoms with E-state index in [0.29, 0.717) is 38.9 Å². The Morgan fingerprint density at radius 1 is 1.00 bits per heavy atom. The quantitative estimate of drug-likeness (QED) is 0.718.